The van der Waals surface area contributed by atoms with Crippen LogP contribution < -0.4 is 29.6 Å². The van der Waals surface area contributed by atoms with Crippen LogP contribution in [-0.2, 0) is 14.9 Å². The van der Waals surface area contributed by atoms with Gasteiger partial charge in [0.05, 0.1) is 4.90 Å². The van der Waals surface area contributed by atoms with E-state index in [9.17, 15) is 22.6 Å². The van der Waals surface area contributed by atoms with Crippen molar-refractivity contribution in [2.45, 2.75) is 11.3 Å². The van der Waals surface area contributed by atoms with Gasteiger partial charge in [0.15, 0.2) is 0 Å². The largest absolute Gasteiger partial charge is 1.00 e. The monoisotopic (exact) mass is 371 g/mol. The molecule has 2 aromatic rings. The quantitative estimate of drug-likeness (QED) is 0.271. The summed E-state index contributed by atoms with van der Waals surface area (Å²) in [5.41, 5.74) is 0.426. The predicted molar refractivity (Wildman–Crippen MR) is 83.8 cm³/mol. The summed E-state index contributed by atoms with van der Waals surface area (Å²) in [5, 5.41) is 0.311. The molecule has 2 amide bonds. The van der Waals surface area contributed by atoms with Gasteiger partial charge in [-0.05, 0) is 24.6 Å². The Labute approximate surface area is 167 Å². The first kappa shape index (κ1) is 20.0. The van der Waals surface area contributed by atoms with Crippen LogP contribution in [0, 0.1) is 0 Å². The van der Waals surface area contributed by atoms with Crippen molar-refractivity contribution in [3.8, 4) is 0 Å². The Morgan fingerprint density at radius 1 is 1.08 bits per heavy atom. The van der Waals surface area contributed by atoms with Crippen LogP contribution in [0.2, 0.25) is 0 Å². The van der Waals surface area contributed by atoms with E-state index >= 15 is 0 Å². The van der Waals surface area contributed by atoms with Crippen molar-refractivity contribution in [1.82, 2.24) is 4.90 Å². The fraction of sp³-hybridized carbons (Fsp3) is 0.250. The number of ether oxygens (including phenoxy) is 1. The molecule has 0 atom stereocenters. The van der Waals surface area contributed by atoms with Crippen molar-refractivity contribution < 1.29 is 56.9 Å². The van der Waals surface area contributed by atoms with Crippen molar-refractivity contribution >= 4 is 32.7 Å². The standard InChI is InChI=1S/C16H15NO6S.Na/c1-23-9-3-8-17-15(18)11-5-2-4-10-13(24(20,21)22)7-6-12(14(10)11)16(17)19;/h2,4-7H,3,8-9H2,1H3,(H,20,21,22);/q;+1/p-1. The smallest absolute Gasteiger partial charge is 0.744 e. The van der Waals surface area contributed by atoms with Crippen LogP contribution in [0.25, 0.3) is 10.8 Å². The normalized spacial score (nSPS) is 13.9. The zero-order valence-corrected chi connectivity index (χ0v) is 16.6. The van der Waals surface area contributed by atoms with E-state index in [1.54, 1.807) is 0 Å². The third-order valence-electron chi connectivity index (χ3n) is 3.95. The van der Waals surface area contributed by atoms with Crippen LogP contribution in [0.1, 0.15) is 27.1 Å². The Balaban J connectivity index is 0.00000225. The van der Waals surface area contributed by atoms with Crippen LogP contribution in [0.3, 0.4) is 0 Å². The van der Waals surface area contributed by atoms with Crippen molar-refractivity contribution in [3.63, 3.8) is 0 Å². The Bertz CT molecular complexity index is 934. The van der Waals surface area contributed by atoms with E-state index in [0.29, 0.717) is 13.0 Å². The van der Waals surface area contributed by atoms with Crippen molar-refractivity contribution in [2.75, 3.05) is 20.3 Å². The van der Waals surface area contributed by atoms with E-state index in [2.05, 4.69) is 0 Å². The van der Waals surface area contributed by atoms with Gasteiger partial charge in [0.2, 0.25) is 0 Å². The minimum Gasteiger partial charge on any atom is -0.744 e. The molecule has 1 aliphatic heterocycles. The van der Waals surface area contributed by atoms with E-state index in [-0.39, 0.29) is 58.0 Å². The first-order chi connectivity index (χ1) is 11.4. The second kappa shape index (κ2) is 7.53. The fourth-order valence-corrected chi connectivity index (χ4v) is 3.58. The molecule has 0 aliphatic carbocycles. The molecule has 7 nitrogen and oxygen atoms in total. The molecule has 126 valence electrons. The molecule has 0 N–H and O–H groups in total. The SMILES string of the molecule is COCCCN1C(=O)c2cccc3c(S(=O)(=O)[O-])ccc(c23)C1=O.[Na+]. The summed E-state index contributed by atoms with van der Waals surface area (Å²) in [6.07, 6.45) is 0.492. The van der Waals surface area contributed by atoms with Gasteiger partial charge < -0.3 is 9.29 Å². The van der Waals surface area contributed by atoms with Gasteiger partial charge >= 0.3 is 29.6 Å². The molecule has 25 heavy (non-hydrogen) atoms. The molecule has 0 saturated carbocycles. The van der Waals surface area contributed by atoms with Gasteiger partial charge in [-0.15, -0.1) is 0 Å². The van der Waals surface area contributed by atoms with Gasteiger partial charge in [-0.1, -0.05) is 12.1 Å². The van der Waals surface area contributed by atoms with Gasteiger partial charge in [-0.25, -0.2) is 8.42 Å². The number of imide groups is 1. The number of hydrogen-bond acceptors (Lipinski definition) is 6. The summed E-state index contributed by atoms with van der Waals surface area (Å²) in [6, 6.07) is 6.84. The van der Waals surface area contributed by atoms with Crippen LogP contribution >= 0.6 is 0 Å². The summed E-state index contributed by atoms with van der Waals surface area (Å²) < 4.78 is 39.2. The molecule has 3 rings (SSSR count). The summed E-state index contributed by atoms with van der Waals surface area (Å²) in [6.45, 7) is 0.602. The zero-order chi connectivity index (χ0) is 17.5. The number of methoxy groups -OCH3 is 1. The van der Waals surface area contributed by atoms with E-state index < -0.39 is 26.8 Å². The minimum atomic E-state index is -4.72. The average Bonchev–Trinajstić information content (AvgIpc) is 2.54. The molecule has 0 unspecified atom stereocenters. The van der Waals surface area contributed by atoms with E-state index in [1.807, 2.05) is 0 Å². The summed E-state index contributed by atoms with van der Waals surface area (Å²) in [7, 11) is -3.19. The molecule has 0 spiro atoms. The Hall–Kier alpha value is -1.29. The maximum absolute atomic E-state index is 12.6. The first-order valence-corrected chi connectivity index (χ1v) is 8.64. The molecule has 2 aromatic carbocycles. The van der Waals surface area contributed by atoms with Gasteiger partial charge in [-0.2, -0.15) is 0 Å². The van der Waals surface area contributed by atoms with Crippen molar-refractivity contribution in [3.05, 3.63) is 41.5 Å². The number of nitrogens with zero attached hydrogens (tertiary/aromatic N) is 1. The fourth-order valence-electron chi connectivity index (χ4n) is 2.91. The number of carbonyl (C=O) groups is 2. The van der Waals surface area contributed by atoms with Crippen molar-refractivity contribution in [1.29, 1.82) is 0 Å². The molecule has 0 bridgehead atoms. The maximum atomic E-state index is 12.6. The Morgan fingerprint density at radius 3 is 2.32 bits per heavy atom. The third kappa shape index (κ3) is 3.51. The van der Waals surface area contributed by atoms with Crippen LogP contribution in [0.5, 0.6) is 0 Å². The summed E-state index contributed by atoms with van der Waals surface area (Å²) in [4.78, 5) is 25.9. The summed E-state index contributed by atoms with van der Waals surface area (Å²) in [5.74, 6) is -1.01. The third-order valence-corrected chi connectivity index (χ3v) is 4.85. The Kier molecular flexibility index (Phi) is 6.03. The van der Waals surface area contributed by atoms with E-state index in [0.717, 1.165) is 11.0 Å². The zero-order valence-electron chi connectivity index (χ0n) is 13.8. The second-order valence-corrected chi connectivity index (χ2v) is 6.75. The molecule has 1 heterocycles. The molecule has 9 heteroatoms. The van der Waals surface area contributed by atoms with Gasteiger partial charge in [0, 0.05) is 42.2 Å². The number of carbonyl (C=O) groups excluding carboxylic acids is 2. The first-order valence-electron chi connectivity index (χ1n) is 7.23. The Morgan fingerprint density at radius 2 is 1.72 bits per heavy atom. The molecular weight excluding hydrogens is 357 g/mol. The molecule has 1 aliphatic rings. The van der Waals surface area contributed by atoms with Crippen molar-refractivity contribution in [2.24, 2.45) is 0 Å². The molecule has 0 radical (unpaired) electrons. The summed E-state index contributed by atoms with van der Waals surface area (Å²) >= 11 is 0. The van der Waals surface area contributed by atoms with Gasteiger partial charge in [0.25, 0.3) is 11.8 Å². The average molecular weight is 371 g/mol. The van der Waals surface area contributed by atoms with E-state index in [1.165, 1.54) is 31.4 Å². The molecule has 0 fully saturated rings. The topological polar surface area (TPSA) is 104 Å². The number of rotatable bonds is 5. The molecule has 0 aromatic heterocycles. The number of benzene rings is 2. The van der Waals surface area contributed by atoms with E-state index in [4.69, 9.17) is 4.74 Å². The number of amides is 2. The van der Waals surface area contributed by atoms with Gasteiger partial charge in [-0.3, -0.25) is 14.5 Å². The predicted octanol–water partition coefficient (Wildman–Crippen LogP) is -1.62. The number of hydrogen-bond donors (Lipinski definition) is 0. The minimum absolute atomic E-state index is 0. The van der Waals surface area contributed by atoms with Gasteiger partial charge in [0.1, 0.15) is 10.1 Å². The molecule has 0 saturated heterocycles. The van der Waals surface area contributed by atoms with Crippen LogP contribution in [0.4, 0.5) is 0 Å². The maximum Gasteiger partial charge on any atom is 1.00 e. The molecular formula is C16H14NNaO6S. The second-order valence-electron chi connectivity index (χ2n) is 5.40. The van der Waals surface area contributed by atoms with Crippen LogP contribution in [0.15, 0.2) is 35.2 Å². The van der Waals surface area contributed by atoms with Crippen LogP contribution in [-0.4, -0.2) is 49.9 Å².